The Kier molecular flexibility index (Phi) is 5.38. The number of carbonyl (C=O) groups excluding carboxylic acids is 1. The maximum Gasteiger partial charge on any atom is 0.256 e. The first-order valence-electron chi connectivity index (χ1n) is 9.58. The molecule has 156 valence electrons. The lowest BCUT2D eigenvalue weighted by Gasteiger charge is -2.33. The van der Waals surface area contributed by atoms with E-state index in [1.807, 2.05) is 0 Å². The lowest BCUT2D eigenvalue weighted by atomic mass is 10.0. The van der Waals surface area contributed by atoms with Crippen molar-refractivity contribution in [1.82, 2.24) is 14.9 Å². The van der Waals surface area contributed by atoms with Crippen molar-refractivity contribution in [3.8, 4) is 0 Å². The van der Waals surface area contributed by atoms with E-state index in [2.05, 4.69) is 15.3 Å². The second-order valence-electron chi connectivity index (χ2n) is 7.36. The van der Waals surface area contributed by atoms with Gasteiger partial charge in [0.25, 0.3) is 5.91 Å². The van der Waals surface area contributed by atoms with Gasteiger partial charge < -0.3 is 10.2 Å². The number of nitrogens with zero attached hydrogens (tertiary/aromatic N) is 3. The molecule has 1 fully saturated rings. The molecule has 1 aliphatic rings. The summed E-state index contributed by atoms with van der Waals surface area (Å²) < 4.78 is 37.7. The number of likely N-dealkylation sites (tertiary alicyclic amines) is 1. The monoisotopic (exact) mass is 428 g/mol. The molecule has 0 radical (unpaired) electrons. The van der Waals surface area contributed by atoms with E-state index in [-0.39, 0.29) is 22.4 Å². The molecule has 30 heavy (non-hydrogen) atoms. The fourth-order valence-corrected chi connectivity index (χ4v) is 4.25. The standard InChI is InChI=1S/C21H21FN4O3S/c1-30(28,29)15-6-7-19-17(12-15)20(24-13-23-19)25-14-8-10-26(11-9-14)21(27)16-4-2-3-5-18(16)22/h2-7,12-14H,8-11H2,1H3,(H,23,24,25). The molecule has 0 saturated carbocycles. The van der Waals surface area contributed by atoms with Crippen molar-refractivity contribution in [2.24, 2.45) is 0 Å². The summed E-state index contributed by atoms with van der Waals surface area (Å²) in [5.41, 5.74) is 0.728. The Balaban J connectivity index is 1.48. The molecule has 4 rings (SSSR count). The fourth-order valence-electron chi connectivity index (χ4n) is 3.61. The summed E-state index contributed by atoms with van der Waals surface area (Å²) >= 11 is 0. The molecule has 7 nitrogen and oxygen atoms in total. The average molecular weight is 428 g/mol. The lowest BCUT2D eigenvalue weighted by Crippen LogP contribution is -2.42. The molecular weight excluding hydrogens is 407 g/mol. The van der Waals surface area contributed by atoms with Crippen LogP contribution in [0.2, 0.25) is 0 Å². The van der Waals surface area contributed by atoms with Crippen molar-refractivity contribution in [3.05, 3.63) is 60.2 Å². The summed E-state index contributed by atoms with van der Waals surface area (Å²) in [5, 5.41) is 3.99. The van der Waals surface area contributed by atoms with Crippen LogP contribution in [0.4, 0.5) is 10.2 Å². The molecule has 0 unspecified atom stereocenters. The van der Waals surface area contributed by atoms with Gasteiger partial charge in [-0.05, 0) is 43.2 Å². The number of piperidine rings is 1. The van der Waals surface area contributed by atoms with E-state index in [4.69, 9.17) is 0 Å². The third-order valence-corrected chi connectivity index (χ3v) is 6.37. The number of fused-ring (bicyclic) bond motifs is 1. The van der Waals surface area contributed by atoms with Gasteiger partial charge in [-0.3, -0.25) is 4.79 Å². The molecular formula is C21H21FN4O3S. The molecule has 2 heterocycles. The van der Waals surface area contributed by atoms with Crippen molar-refractivity contribution in [2.45, 2.75) is 23.8 Å². The first-order chi connectivity index (χ1) is 14.3. The van der Waals surface area contributed by atoms with E-state index in [1.165, 1.54) is 24.5 Å². The highest BCUT2D eigenvalue weighted by Crippen LogP contribution is 2.25. The quantitative estimate of drug-likeness (QED) is 0.687. The molecule has 0 atom stereocenters. The van der Waals surface area contributed by atoms with Crippen molar-refractivity contribution in [3.63, 3.8) is 0 Å². The van der Waals surface area contributed by atoms with E-state index in [0.29, 0.717) is 42.7 Å². The Labute approximate surface area is 173 Å². The Morgan fingerprint density at radius 1 is 1.13 bits per heavy atom. The summed E-state index contributed by atoms with van der Waals surface area (Å²) in [6.07, 6.45) is 3.92. The number of halogens is 1. The van der Waals surface area contributed by atoms with Crippen LogP contribution in [-0.2, 0) is 9.84 Å². The highest BCUT2D eigenvalue weighted by atomic mass is 32.2. The lowest BCUT2D eigenvalue weighted by molar-refractivity contribution is 0.0713. The largest absolute Gasteiger partial charge is 0.367 e. The summed E-state index contributed by atoms with van der Waals surface area (Å²) in [5.74, 6) is -0.266. The summed E-state index contributed by atoms with van der Waals surface area (Å²) in [6.45, 7) is 0.977. The second kappa shape index (κ2) is 7.98. The first kappa shape index (κ1) is 20.2. The zero-order valence-electron chi connectivity index (χ0n) is 16.4. The van der Waals surface area contributed by atoms with E-state index >= 15 is 0 Å². The summed E-state index contributed by atoms with van der Waals surface area (Å²) in [4.78, 5) is 22.9. The SMILES string of the molecule is CS(=O)(=O)c1ccc2ncnc(NC3CCN(C(=O)c4ccccc4F)CC3)c2c1. The van der Waals surface area contributed by atoms with Crippen molar-refractivity contribution in [1.29, 1.82) is 0 Å². The predicted molar refractivity (Wildman–Crippen MR) is 112 cm³/mol. The first-order valence-corrected chi connectivity index (χ1v) is 11.5. The number of benzene rings is 2. The van der Waals surface area contributed by atoms with Gasteiger partial charge in [-0.2, -0.15) is 0 Å². The normalized spacial score (nSPS) is 15.3. The molecule has 1 amide bonds. The van der Waals surface area contributed by atoms with Crippen LogP contribution in [0.15, 0.2) is 53.7 Å². The van der Waals surface area contributed by atoms with Crippen molar-refractivity contribution < 1.29 is 17.6 Å². The van der Waals surface area contributed by atoms with Gasteiger partial charge in [0.15, 0.2) is 9.84 Å². The highest BCUT2D eigenvalue weighted by molar-refractivity contribution is 7.90. The van der Waals surface area contributed by atoms with Gasteiger partial charge in [0.1, 0.15) is 18.0 Å². The number of hydrogen-bond donors (Lipinski definition) is 1. The molecule has 0 bridgehead atoms. The van der Waals surface area contributed by atoms with Crippen LogP contribution in [0.1, 0.15) is 23.2 Å². The molecule has 9 heteroatoms. The average Bonchev–Trinajstić information content (AvgIpc) is 2.73. The van der Waals surface area contributed by atoms with E-state index in [9.17, 15) is 17.6 Å². The van der Waals surface area contributed by atoms with Crippen LogP contribution in [0, 0.1) is 5.82 Å². The van der Waals surface area contributed by atoms with Crippen LogP contribution in [0.5, 0.6) is 0 Å². The van der Waals surface area contributed by atoms with E-state index in [0.717, 1.165) is 6.26 Å². The Hall–Kier alpha value is -3.07. The van der Waals surface area contributed by atoms with Gasteiger partial charge in [-0.25, -0.2) is 22.8 Å². The number of nitrogens with one attached hydrogen (secondary N) is 1. The minimum absolute atomic E-state index is 0.0506. The van der Waals surface area contributed by atoms with Gasteiger partial charge in [0, 0.05) is 30.8 Å². The molecule has 1 N–H and O–H groups in total. The summed E-state index contributed by atoms with van der Waals surface area (Å²) in [6, 6.07) is 10.8. The van der Waals surface area contributed by atoms with Gasteiger partial charge in [-0.15, -0.1) is 0 Å². The molecule has 1 aliphatic heterocycles. The van der Waals surface area contributed by atoms with Gasteiger partial charge >= 0.3 is 0 Å². The maximum absolute atomic E-state index is 13.9. The number of amides is 1. The third kappa shape index (κ3) is 4.11. The van der Waals surface area contributed by atoms with Crippen molar-refractivity contribution >= 4 is 32.5 Å². The molecule has 2 aromatic carbocycles. The molecule has 1 saturated heterocycles. The van der Waals surface area contributed by atoms with E-state index < -0.39 is 15.7 Å². The smallest absolute Gasteiger partial charge is 0.256 e. The number of hydrogen-bond acceptors (Lipinski definition) is 6. The zero-order valence-corrected chi connectivity index (χ0v) is 17.2. The fraction of sp³-hybridized carbons (Fsp3) is 0.286. The Bertz CT molecular complexity index is 1210. The van der Waals surface area contributed by atoms with Gasteiger partial charge in [0.2, 0.25) is 0 Å². The van der Waals surface area contributed by atoms with Crippen LogP contribution in [0.25, 0.3) is 10.9 Å². The Morgan fingerprint density at radius 3 is 2.57 bits per heavy atom. The van der Waals surface area contributed by atoms with Crippen LogP contribution >= 0.6 is 0 Å². The number of carbonyl (C=O) groups is 1. The zero-order chi connectivity index (χ0) is 21.3. The van der Waals surface area contributed by atoms with E-state index in [1.54, 1.807) is 29.2 Å². The maximum atomic E-state index is 13.9. The molecule has 0 aliphatic carbocycles. The third-order valence-electron chi connectivity index (χ3n) is 5.26. The summed E-state index contributed by atoms with van der Waals surface area (Å²) in [7, 11) is -3.35. The topological polar surface area (TPSA) is 92.3 Å². The minimum atomic E-state index is -3.35. The van der Waals surface area contributed by atoms with Crippen LogP contribution in [0.3, 0.4) is 0 Å². The Morgan fingerprint density at radius 2 is 1.87 bits per heavy atom. The van der Waals surface area contributed by atoms with Gasteiger partial charge in [-0.1, -0.05) is 12.1 Å². The number of sulfone groups is 1. The molecule has 0 spiro atoms. The molecule has 1 aromatic heterocycles. The number of aromatic nitrogens is 2. The number of anilines is 1. The highest BCUT2D eigenvalue weighted by Gasteiger charge is 2.25. The van der Waals surface area contributed by atoms with Crippen LogP contribution in [-0.4, -0.2) is 54.6 Å². The minimum Gasteiger partial charge on any atom is -0.367 e. The van der Waals surface area contributed by atoms with Crippen molar-refractivity contribution in [2.75, 3.05) is 24.7 Å². The molecule has 3 aromatic rings. The number of rotatable bonds is 4. The predicted octanol–water partition coefficient (Wildman–Crippen LogP) is 2.89. The second-order valence-corrected chi connectivity index (χ2v) is 9.38. The van der Waals surface area contributed by atoms with Crippen LogP contribution < -0.4 is 5.32 Å². The van der Waals surface area contributed by atoms with Gasteiger partial charge in [0.05, 0.1) is 16.0 Å².